The molecular formula is C26H16Cl4N2O5. The first-order valence-electron chi connectivity index (χ1n) is 11.0. The van der Waals surface area contributed by atoms with Crippen LogP contribution in [0.5, 0.6) is 5.75 Å². The molecule has 7 nitrogen and oxygen atoms in total. The molecule has 1 saturated heterocycles. The molecule has 2 aliphatic rings. The first kappa shape index (κ1) is 25.5. The summed E-state index contributed by atoms with van der Waals surface area (Å²) in [6.07, 6.45) is 0.0347. The number of anilines is 2. The van der Waals surface area contributed by atoms with Gasteiger partial charge < -0.3 is 9.64 Å². The van der Waals surface area contributed by atoms with Gasteiger partial charge in [0.15, 0.2) is 0 Å². The molecule has 2 aliphatic heterocycles. The van der Waals surface area contributed by atoms with E-state index in [1.807, 2.05) is 31.2 Å². The summed E-state index contributed by atoms with van der Waals surface area (Å²) in [6, 6.07) is 13.2. The first-order valence-corrected chi connectivity index (χ1v) is 12.5. The van der Waals surface area contributed by atoms with E-state index in [1.54, 1.807) is 4.90 Å². The fourth-order valence-electron chi connectivity index (χ4n) is 4.41. The highest BCUT2D eigenvalue weighted by Gasteiger charge is 2.42. The summed E-state index contributed by atoms with van der Waals surface area (Å²) in [5.41, 5.74) is 1.63. The molecule has 1 fully saturated rings. The van der Waals surface area contributed by atoms with Gasteiger partial charge in [-0.2, -0.15) is 0 Å². The molecule has 11 heteroatoms. The number of amides is 3. The predicted molar refractivity (Wildman–Crippen MR) is 141 cm³/mol. The number of hydrogen-bond acceptors (Lipinski definition) is 5. The van der Waals surface area contributed by atoms with E-state index in [4.69, 9.17) is 51.1 Å². The minimum Gasteiger partial charge on any atom is -0.426 e. The Bertz CT molecular complexity index is 1460. The Labute approximate surface area is 231 Å². The summed E-state index contributed by atoms with van der Waals surface area (Å²) in [7, 11) is 0. The standard InChI is InChI=1S/C26H16Cl4N2O5/c1-12-4-2-3-5-16(12)31-11-13(10-17(31)33)26(36)37-15-8-6-14(7-9-15)32-24(34)18-19(25(32)35)21(28)23(30)22(29)20(18)27/h2-9,13H,10-11H2,1H3/t13-/m0/s1. The average molecular weight is 578 g/mol. The normalized spacial score (nSPS) is 17.0. The molecule has 2 heterocycles. The fourth-order valence-corrected chi connectivity index (χ4v) is 5.43. The van der Waals surface area contributed by atoms with E-state index in [0.717, 1.165) is 16.2 Å². The molecule has 3 amide bonds. The van der Waals surface area contributed by atoms with Crippen LogP contribution in [0.2, 0.25) is 20.1 Å². The third kappa shape index (κ3) is 4.26. The van der Waals surface area contributed by atoms with Crippen LogP contribution in [0.25, 0.3) is 0 Å². The van der Waals surface area contributed by atoms with Crippen LogP contribution in [0.4, 0.5) is 11.4 Å². The number of fused-ring (bicyclic) bond motifs is 1. The topological polar surface area (TPSA) is 84.0 Å². The SMILES string of the molecule is Cc1ccccc1N1C[C@@H](C(=O)Oc2ccc(N3C(=O)c4c(Cl)c(Cl)c(Cl)c(Cl)c4C3=O)cc2)CC1=O. The lowest BCUT2D eigenvalue weighted by molar-refractivity contribution is -0.139. The van der Waals surface area contributed by atoms with Gasteiger partial charge in [0.25, 0.3) is 11.8 Å². The maximum atomic E-state index is 13.0. The molecule has 188 valence electrons. The number of rotatable bonds is 4. The highest BCUT2D eigenvalue weighted by atomic mass is 35.5. The number of carbonyl (C=O) groups is 4. The minimum absolute atomic E-state index is 0.0347. The van der Waals surface area contributed by atoms with Crippen LogP contribution in [0.15, 0.2) is 48.5 Å². The number of halogens is 4. The van der Waals surface area contributed by atoms with Crippen LogP contribution in [0.1, 0.15) is 32.7 Å². The molecule has 0 radical (unpaired) electrons. The van der Waals surface area contributed by atoms with E-state index in [-0.39, 0.29) is 61.5 Å². The second-order valence-electron chi connectivity index (χ2n) is 8.56. The van der Waals surface area contributed by atoms with Gasteiger partial charge in [-0.15, -0.1) is 0 Å². The summed E-state index contributed by atoms with van der Waals surface area (Å²) in [5.74, 6) is -2.58. The summed E-state index contributed by atoms with van der Waals surface area (Å²) >= 11 is 24.5. The van der Waals surface area contributed by atoms with Gasteiger partial charge in [0.1, 0.15) is 5.75 Å². The van der Waals surface area contributed by atoms with Crippen LogP contribution < -0.4 is 14.5 Å². The van der Waals surface area contributed by atoms with E-state index in [0.29, 0.717) is 0 Å². The van der Waals surface area contributed by atoms with Crippen molar-refractivity contribution in [2.45, 2.75) is 13.3 Å². The number of hydrogen-bond donors (Lipinski definition) is 0. The first-order chi connectivity index (χ1) is 17.6. The lowest BCUT2D eigenvalue weighted by atomic mass is 10.1. The zero-order valence-corrected chi connectivity index (χ0v) is 22.1. The lowest BCUT2D eigenvalue weighted by Crippen LogP contribution is -2.29. The highest BCUT2D eigenvalue weighted by Crippen LogP contribution is 2.45. The number of esters is 1. The number of carbonyl (C=O) groups excluding carboxylic acids is 4. The molecule has 0 bridgehead atoms. The summed E-state index contributed by atoms with van der Waals surface area (Å²) in [4.78, 5) is 53.8. The summed E-state index contributed by atoms with van der Waals surface area (Å²) < 4.78 is 5.48. The van der Waals surface area contributed by atoms with Crippen LogP contribution in [0, 0.1) is 12.8 Å². The van der Waals surface area contributed by atoms with Crippen LogP contribution in [-0.2, 0) is 9.59 Å². The number of benzene rings is 3. The molecule has 37 heavy (non-hydrogen) atoms. The van der Waals surface area contributed by atoms with Gasteiger partial charge in [0, 0.05) is 18.7 Å². The van der Waals surface area contributed by atoms with E-state index in [9.17, 15) is 19.2 Å². The van der Waals surface area contributed by atoms with Gasteiger partial charge in [-0.3, -0.25) is 19.2 Å². The maximum Gasteiger partial charge on any atom is 0.316 e. The second-order valence-corrected chi connectivity index (χ2v) is 10.1. The van der Waals surface area contributed by atoms with E-state index < -0.39 is 23.7 Å². The van der Waals surface area contributed by atoms with Crippen molar-refractivity contribution in [1.29, 1.82) is 0 Å². The monoisotopic (exact) mass is 576 g/mol. The molecule has 3 aromatic rings. The molecule has 5 rings (SSSR count). The molecule has 0 aromatic heterocycles. The predicted octanol–water partition coefficient (Wildman–Crippen LogP) is 6.37. The van der Waals surface area contributed by atoms with E-state index >= 15 is 0 Å². The molecule has 3 aromatic carbocycles. The highest BCUT2D eigenvalue weighted by molar-refractivity contribution is 6.56. The Hall–Kier alpha value is -3.10. The van der Waals surface area contributed by atoms with Crippen molar-refractivity contribution in [2.24, 2.45) is 5.92 Å². The smallest absolute Gasteiger partial charge is 0.316 e. The van der Waals surface area contributed by atoms with Crippen molar-refractivity contribution in [2.75, 3.05) is 16.3 Å². The molecule has 0 saturated carbocycles. The van der Waals surface area contributed by atoms with Gasteiger partial charge >= 0.3 is 5.97 Å². The van der Waals surface area contributed by atoms with Gasteiger partial charge in [0.2, 0.25) is 5.91 Å². The maximum absolute atomic E-state index is 13.0. The lowest BCUT2D eigenvalue weighted by Gasteiger charge is -2.18. The van der Waals surface area contributed by atoms with Crippen molar-refractivity contribution < 1.29 is 23.9 Å². The Kier molecular flexibility index (Phi) is 6.66. The Balaban J connectivity index is 1.32. The Morgan fingerprint density at radius 1 is 0.838 bits per heavy atom. The molecular weight excluding hydrogens is 562 g/mol. The number of aryl methyl sites for hydroxylation is 1. The Morgan fingerprint density at radius 3 is 1.97 bits per heavy atom. The third-order valence-corrected chi connectivity index (χ3v) is 8.08. The van der Waals surface area contributed by atoms with Crippen molar-refractivity contribution in [1.82, 2.24) is 0 Å². The van der Waals surface area contributed by atoms with Gasteiger partial charge in [-0.1, -0.05) is 64.6 Å². The van der Waals surface area contributed by atoms with Crippen LogP contribution in [-0.4, -0.2) is 30.2 Å². The second kappa shape index (κ2) is 9.65. The average Bonchev–Trinajstić information content (AvgIpc) is 3.39. The molecule has 0 aliphatic carbocycles. The molecule has 1 atom stereocenters. The largest absolute Gasteiger partial charge is 0.426 e. The zero-order valence-electron chi connectivity index (χ0n) is 19.1. The number of ether oxygens (including phenoxy) is 1. The van der Waals surface area contributed by atoms with Crippen molar-refractivity contribution >= 4 is 81.5 Å². The van der Waals surface area contributed by atoms with Crippen molar-refractivity contribution in [3.8, 4) is 5.75 Å². The molecule has 0 N–H and O–H groups in total. The molecule has 0 spiro atoms. The van der Waals surface area contributed by atoms with Gasteiger partial charge in [0.05, 0.1) is 42.8 Å². The van der Waals surface area contributed by atoms with Crippen LogP contribution in [0.3, 0.4) is 0 Å². The van der Waals surface area contributed by atoms with E-state index in [1.165, 1.54) is 24.3 Å². The van der Waals surface area contributed by atoms with Gasteiger partial charge in [-0.25, -0.2) is 4.90 Å². The van der Waals surface area contributed by atoms with Crippen LogP contribution >= 0.6 is 46.4 Å². The zero-order chi connectivity index (χ0) is 26.6. The number of imide groups is 1. The number of nitrogens with zero attached hydrogens (tertiary/aromatic N) is 2. The molecule has 0 unspecified atom stereocenters. The van der Waals surface area contributed by atoms with Crippen molar-refractivity contribution in [3.05, 3.63) is 85.3 Å². The number of para-hydroxylation sites is 1. The Morgan fingerprint density at radius 2 is 1.41 bits per heavy atom. The quantitative estimate of drug-likeness (QED) is 0.118. The minimum atomic E-state index is -0.712. The fraction of sp³-hybridized carbons (Fsp3) is 0.154. The van der Waals surface area contributed by atoms with Crippen molar-refractivity contribution in [3.63, 3.8) is 0 Å². The third-order valence-electron chi connectivity index (χ3n) is 6.28. The van der Waals surface area contributed by atoms with E-state index in [2.05, 4.69) is 0 Å². The van der Waals surface area contributed by atoms with Gasteiger partial charge in [-0.05, 0) is 42.8 Å². The summed E-state index contributed by atoms with van der Waals surface area (Å²) in [6.45, 7) is 2.11. The summed E-state index contributed by atoms with van der Waals surface area (Å²) in [5, 5.41) is -0.570.